The highest BCUT2D eigenvalue weighted by Gasteiger charge is 2.32. The summed E-state index contributed by atoms with van der Waals surface area (Å²) in [4.78, 5) is 10.3. The van der Waals surface area contributed by atoms with Crippen LogP contribution in [0.1, 0.15) is 31.4 Å². The Kier molecular flexibility index (Phi) is 5.00. The van der Waals surface area contributed by atoms with Crippen molar-refractivity contribution in [1.82, 2.24) is 0 Å². The molecule has 0 spiro atoms. The lowest BCUT2D eigenvalue weighted by Crippen LogP contribution is -2.21. The number of benzene rings is 1. The number of carbonyl (C=O) groups is 1. The van der Waals surface area contributed by atoms with E-state index in [1.165, 1.54) is 12.1 Å². The minimum Gasteiger partial charge on any atom is -0.477 e. The van der Waals surface area contributed by atoms with Gasteiger partial charge in [-0.15, -0.1) is 0 Å². The Balaban J connectivity index is 2.01. The minimum atomic E-state index is -2.77. The summed E-state index contributed by atoms with van der Waals surface area (Å²) in [6.07, 6.45) is 1.56. The van der Waals surface area contributed by atoms with Crippen LogP contribution in [0.4, 0.5) is 0 Å². The monoisotopic (exact) mass is 326 g/mol. The van der Waals surface area contributed by atoms with Gasteiger partial charge < -0.3 is 14.6 Å². The Morgan fingerprint density at radius 3 is 2.41 bits per heavy atom. The summed E-state index contributed by atoms with van der Waals surface area (Å²) in [5.74, 6) is -2.00. The second kappa shape index (κ2) is 6.60. The van der Waals surface area contributed by atoms with Crippen molar-refractivity contribution in [1.29, 1.82) is 0 Å². The average Bonchev–Trinajstić information content (AvgIpc) is 2.77. The van der Waals surface area contributed by atoms with Crippen molar-refractivity contribution in [3.8, 4) is 0 Å². The van der Waals surface area contributed by atoms with Crippen molar-refractivity contribution >= 4 is 21.1 Å². The van der Waals surface area contributed by atoms with Crippen LogP contribution in [-0.2, 0) is 31.0 Å². The van der Waals surface area contributed by atoms with Gasteiger partial charge in [-0.25, -0.2) is 4.79 Å². The van der Waals surface area contributed by atoms with Gasteiger partial charge in [-0.2, -0.15) is 8.42 Å². The van der Waals surface area contributed by atoms with Gasteiger partial charge in [0.25, 0.3) is 0 Å². The van der Waals surface area contributed by atoms with Gasteiger partial charge in [0.1, 0.15) is 0 Å². The largest absolute Gasteiger partial charge is 0.477 e. The maximum atomic E-state index is 10.9. The number of hydrogen-bond donors (Lipinski definition) is 1. The first-order valence-corrected chi connectivity index (χ1v) is 7.96. The maximum Gasteiger partial charge on any atom is 0.352 e. The summed E-state index contributed by atoms with van der Waals surface area (Å²) in [7, 11) is -2.77. The van der Waals surface area contributed by atoms with E-state index in [-0.39, 0.29) is 11.7 Å². The van der Waals surface area contributed by atoms with Crippen LogP contribution in [0.15, 0.2) is 24.3 Å². The third-order valence-electron chi connectivity index (χ3n) is 3.40. The molecule has 1 N–H and O–H groups in total. The summed E-state index contributed by atoms with van der Waals surface area (Å²) >= 11 is 0. The number of ether oxygens (including phenoxy) is 2. The predicted octanol–water partition coefficient (Wildman–Crippen LogP) is 1.25. The zero-order valence-corrected chi connectivity index (χ0v) is 13.2. The van der Waals surface area contributed by atoms with Crippen LogP contribution in [0.3, 0.4) is 0 Å². The molecule has 1 aromatic rings. The van der Waals surface area contributed by atoms with Crippen molar-refractivity contribution in [3.05, 3.63) is 35.4 Å². The average molecular weight is 326 g/mol. The van der Waals surface area contributed by atoms with Gasteiger partial charge in [-0.1, -0.05) is 24.3 Å². The van der Waals surface area contributed by atoms with E-state index in [2.05, 4.69) is 0 Å². The Bertz CT molecular complexity index is 679. The van der Waals surface area contributed by atoms with Gasteiger partial charge in [0.05, 0.1) is 12.7 Å². The molecule has 2 rings (SSSR count). The maximum absolute atomic E-state index is 10.9. The second-order valence-corrected chi connectivity index (χ2v) is 6.43. The smallest absolute Gasteiger partial charge is 0.352 e. The highest BCUT2D eigenvalue weighted by molar-refractivity contribution is 7.75. The van der Waals surface area contributed by atoms with Crippen molar-refractivity contribution < 1.29 is 27.8 Å². The summed E-state index contributed by atoms with van der Waals surface area (Å²) in [5, 5.41) is 8.90. The van der Waals surface area contributed by atoms with E-state index in [9.17, 15) is 13.2 Å². The van der Waals surface area contributed by atoms with Crippen molar-refractivity contribution in [2.24, 2.45) is 0 Å². The summed E-state index contributed by atoms with van der Waals surface area (Å²) in [5.41, 5.74) is 1.16. The van der Waals surface area contributed by atoms with Gasteiger partial charge in [0, 0.05) is 5.56 Å². The van der Waals surface area contributed by atoms with Crippen LogP contribution >= 0.6 is 0 Å². The van der Waals surface area contributed by atoms with Gasteiger partial charge in [0.2, 0.25) is 10.3 Å². The van der Waals surface area contributed by atoms with Crippen LogP contribution in [0.2, 0.25) is 0 Å². The van der Waals surface area contributed by atoms with E-state index in [1.807, 2.05) is 13.8 Å². The molecule has 1 heterocycles. The molecule has 0 radical (unpaired) electrons. The van der Waals surface area contributed by atoms with Crippen LogP contribution in [0.5, 0.6) is 0 Å². The highest BCUT2D eigenvalue weighted by Crippen LogP contribution is 2.25. The topological polar surface area (TPSA) is 89.9 Å². The molecule has 1 aromatic carbocycles. The fourth-order valence-corrected chi connectivity index (χ4v) is 2.82. The first-order chi connectivity index (χ1) is 10.3. The molecule has 0 saturated carbocycles. The van der Waals surface area contributed by atoms with E-state index in [0.29, 0.717) is 6.61 Å². The van der Waals surface area contributed by atoms with E-state index in [1.54, 1.807) is 12.1 Å². The first kappa shape index (κ1) is 16.7. The number of aryl methyl sites for hydroxylation is 1. The molecule has 0 aromatic heterocycles. The third kappa shape index (κ3) is 4.16. The number of rotatable bonds is 5. The van der Waals surface area contributed by atoms with E-state index < -0.39 is 26.9 Å². The van der Waals surface area contributed by atoms with E-state index >= 15 is 0 Å². The minimum absolute atomic E-state index is 0.0324. The number of hydrogen-bond acceptors (Lipinski definition) is 5. The molecule has 120 valence electrons. The van der Waals surface area contributed by atoms with E-state index in [4.69, 9.17) is 14.6 Å². The normalized spacial score (nSPS) is 19.8. The Morgan fingerprint density at radius 2 is 1.95 bits per heavy atom. The molecule has 1 aliphatic heterocycles. The molecule has 1 atom stereocenters. The zero-order chi connectivity index (χ0) is 16.3. The predicted molar refractivity (Wildman–Crippen MR) is 80.3 cm³/mol. The molecule has 6 nitrogen and oxygen atoms in total. The second-order valence-electron chi connectivity index (χ2n) is 5.56. The molecule has 0 amide bonds. The summed E-state index contributed by atoms with van der Waals surface area (Å²) in [6, 6.07) is 6.47. The Morgan fingerprint density at radius 1 is 1.32 bits per heavy atom. The molecule has 1 fully saturated rings. The lowest BCUT2D eigenvalue weighted by Gasteiger charge is -2.17. The van der Waals surface area contributed by atoms with E-state index in [0.717, 1.165) is 18.4 Å². The molecule has 1 aliphatic rings. The lowest BCUT2D eigenvalue weighted by molar-refractivity contribution is -0.138. The Labute approximate surface area is 130 Å². The molecule has 0 aliphatic carbocycles. The van der Waals surface area contributed by atoms with Crippen LogP contribution in [0.25, 0.3) is 0 Å². The molecular formula is C15H18O6S. The standard InChI is InChI=1S/C15H18O6S/c1-15(2)20-9-12(21-15)8-5-10-3-6-11(7-4-10)13(14(16)17)22(18)19/h3-4,6-7,12H,5,8-9H2,1-2H3,(H,16,17)/t12-/m0/s1. The van der Waals surface area contributed by atoms with Crippen LogP contribution < -0.4 is 0 Å². The molecule has 7 heteroatoms. The Hall–Kier alpha value is -1.70. The van der Waals surface area contributed by atoms with Gasteiger partial charge in [-0.3, -0.25) is 0 Å². The molecular weight excluding hydrogens is 308 g/mol. The summed E-state index contributed by atoms with van der Waals surface area (Å²) in [6.45, 7) is 4.29. The van der Waals surface area contributed by atoms with Crippen LogP contribution in [0, 0.1) is 0 Å². The van der Waals surface area contributed by atoms with Gasteiger partial charge >= 0.3 is 5.97 Å². The van der Waals surface area contributed by atoms with Gasteiger partial charge in [0.15, 0.2) is 10.7 Å². The van der Waals surface area contributed by atoms with Crippen molar-refractivity contribution in [3.63, 3.8) is 0 Å². The summed E-state index contributed by atoms with van der Waals surface area (Å²) < 4.78 is 33.1. The number of carboxylic acids is 1. The quantitative estimate of drug-likeness (QED) is 0.647. The lowest BCUT2D eigenvalue weighted by atomic mass is 10.0. The fourth-order valence-electron chi connectivity index (χ4n) is 2.35. The molecule has 0 bridgehead atoms. The number of aliphatic carboxylic acids is 1. The fraction of sp³-hybridized carbons (Fsp3) is 0.467. The van der Waals surface area contributed by atoms with Gasteiger partial charge in [-0.05, 0) is 32.3 Å². The van der Waals surface area contributed by atoms with Crippen molar-refractivity contribution in [2.45, 2.75) is 38.6 Å². The molecule has 0 unspecified atom stereocenters. The third-order valence-corrected chi connectivity index (χ3v) is 4.14. The number of carboxylic acid groups (broad SMARTS) is 1. The zero-order valence-electron chi connectivity index (χ0n) is 12.4. The highest BCUT2D eigenvalue weighted by atomic mass is 32.2. The first-order valence-electron chi connectivity index (χ1n) is 6.89. The SMILES string of the molecule is CC1(C)OC[C@H](CCc2ccc(C(C(=O)O)=S(=O)=O)cc2)O1. The van der Waals surface area contributed by atoms with Crippen molar-refractivity contribution in [2.75, 3.05) is 6.61 Å². The molecule has 22 heavy (non-hydrogen) atoms. The van der Waals surface area contributed by atoms with Crippen LogP contribution in [-0.4, -0.2) is 42.9 Å². The molecule has 1 saturated heterocycles.